The Hall–Kier alpha value is -4.97. The quantitative estimate of drug-likeness (QED) is 0.0261. The first kappa shape index (κ1) is 76.0. The number of ether oxygens (including phenoxy) is 3. The molecule has 0 aromatic heterocycles. The van der Waals surface area contributed by atoms with Crippen molar-refractivity contribution in [2.45, 2.75) is 284 Å². The van der Waals surface area contributed by atoms with Crippen molar-refractivity contribution in [3.05, 3.63) is 158 Å². The predicted octanol–water partition coefficient (Wildman–Crippen LogP) is 22.9. The van der Waals surface area contributed by atoms with Gasteiger partial charge >= 0.3 is 17.9 Å². The van der Waals surface area contributed by atoms with Crippen molar-refractivity contribution in [1.29, 1.82) is 0 Å². The van der Waals surface area contributed by atoms with Crippen molar-refractivity contribution < 1.29 is 28.6 Å². The minimum Gasteiger partial charge on any atom is -0.462 e. The molecule has 0 N–H and O–H groups in total. The van der Waals surface area contributed by atoms with Gasteiger partial charge in [-0.2, -0.15) is 0 Å². The SMILES string of the molecule is CC/C=C\C/C=C\C/C=C\C/C=C\C/C=C\C/C=C\C/C=C\CCCC(=O)OC(COC(=O)CCCCCCCCCC/C=C\C/C=C\C/C=C\C/C=C\C/C=C\C/C=C\CC)COC(=O)CCCCCCCCCCCCCCC. The summed E-state index contributed by atoms with van der Waals surface area (Å²) in [5, 5.41) is 0. The monoisotopic (exact) mass is 1120 g/mol. The maximum atomic E-state index is 12.9. The van der Waals surface area contributed by atoms with Gasteiger partial charge in [0.25, 0.3) is 0 Å². The van der Waals surface area contributed by atoms with E-state index in [1.807, 2.05) is 0 Å². The Labute approximate surface area is 499 Å². The van der Waals surface area contributed by atoms with Gasteiger partial charge in [0.15, 0.2) is 6.10 Å². The first-order valence-electron chi connectivity index (χ1n) is 33.0. The van der Waals surface area contributed by atoms with Crippen LogP contribution in [-0.2, 0) is 28.6 Å². The summed E-state index contributed by atoms with van der Waals surface area (Å²) in [6.45, 7) is 6.36. The normalized spacial score (nSPS) is 13.2. The van der Waals surface area contributed by atoms with Crippen molar-refractivity contribution in [1.82, 2.24) is 0 Å². The first-order chi connectivity index (χ1) is 40.0. The number of rotatable bonds is 58. The van der Waals surface area contributed by atoms with Gasteiger partial charge in [0.05, 0.1) is 0 Å². The predicted molar refractivity (Wildman–Crippen MR) is 352 cm³/mol. The molecule has 81 heavy (non-hydrogen) atoms. The Morgan fingerprint density at radius 1 is 0.259 bits per heavy atom. The molecule has 1 atom stereocenters. The first-order valence-corrected chi connectivity index (χ1v) is 33.0. The zero-order valence-electron chi connectivity index (χ0n) is 52.2. The van der Waals surface area contributed by atoms with Gasteiger partial charge in [-0.3, -0.25) is 14.4 Å². The minimum atomic E-state index is -0.819. The summed E-state index contributed by atoms with van der Waals surface area (Å²) in [5.41, 5.74) is 0. The Morgan fingerprint density at radius 3 is 0.790 bits per heavy atom. The molecule has 0 rings (SSSR count). The maximum Gasteiger partial charge on any atom is 0.306 e. The van der Waals surface area contributed by atoms with Gasteiger partial charge < -0.3 is 14.2 Å². The summed E-state index contributed by atoms with van der Waals surface area (Å²) in [6, 6.07) is 0. The number of esters is 3. The smallest absolute Gasteiger partial charge is 0.306 e. The summed E-state index contributed by atoms with van der Waals surface area (Å²) < 4.78 is 16.9. The highest BCUT2D eigenvalue weighted by atomic mass is 16.6. The fourth-order valence-corrected chi connectivity index (χ4v) is 8.67. The van der Waals surface area contributed by atoms with Crippen LogP contribution in [0.15, 0.2) is 158 Å². The van der Waals surface area contributed by atoms with Gasteiger partial charge in [-0.05, 0) is 122 Å². The third-order valence-corrected chi connectivity index (χ3v) is 13.5. The molecule has 0 aromatic rings. The molecule has 0 heterocycles. The van der Waals surface area contributed by atoms with Crippen LogP contribution >= 0.6 is 0 Å². The molecule has 0 aliphatic rings. The summed E-state index contributed by atoms with van der Waals surface area (Å²) in [7, 11) is 0. The highest BCUT2D eigenvalue weighted by molar-refractivity contribution is 5.71. The van der Waals surface area contributed by atoms with Crippen LogP contribution in [0.2, 0.25) is 0 Å². The molecule has 0 fully saturated rings. The Morgan fingerprint density at radius 2 is 0.494 bits per heavy atom. The van der Waals surface area contributed by atoms with Gasteiger partial charge in [0.2, 0.25) is 0 Å². The average Bonchev–Trinajstić information content (AvgIpc) is 3.47. The molecule has 0 aliphatic heterocycles. The third-order valence-electron chi connectivity index (χ3n) is 13.5. The lowest BCUT2D eigenvalue weighted by Crippen LogP contribution is -2.30. The molecule has 0 radical (unpaired) electrons. The van der Waals surface area contributed by atoms with E-state index in [0.29, 0.717) is 19.3 Å². The van der Waals surface area contributed by atoms with Crippen LogP contribution in [-0.4, -0.2) is 37.2 Å². The fourth-order valence-electron chi connectivity index (χ4n) is 8.67. The van der Waals surface area contributed by atoms with Crippen LogP contribution in [0.1, 0.15) is 278 Å². The second-order valence-corrected chi connectivity index (χ2v) is 21.3. The molecule has 0 aromatic carbocycles. The number of hydrogen-bond acceptors (Lipinski definition) is 6. The van der Waals surface area contributed by atoms with Crippen LogP contribution in [0.3, 0.4) is 0 Å². The lowest BCUT2D eigenvalue weighted by Gasteiger charge is -2.18. The van der Waals surface area contributed by atoms with E-state index in [4.69, 9.17) is 14.2 Å². The van der Waals surface area contributed by atoms with Crippen molar-refractivity contribution in [2.24, 2.45) is 0 Å². The van der Waals surface area contributed by atoms with Gasteiger partial charge in [-0.25, -0.2) is 0 Å². The van der Waals surface area contributed by atoms with Gasteiger partial charge in [-0.15, -0.1) is 0 Å². The Kier molecular flexibility index (Phi) is 63.4. The molecule has 0 bridgehead atoms. The highest BCUT2D eigenvalue weighted by Crippen LogP contribution is 2.15. The molecule has 0 saturated heterocycles. The summed E-state index contributed by atoms with van der Waals surface area (Å²) >= 11 is 0. The second kappa shape index (κ2) is 67.5. The van der Waals surface area contributed by atoms with E-state index in [-0.39, 0.29) is 37.5 Å². The Balaban J connectivity index is 4.46. The lowest BCUT2D eigenvalue weighted by molar-refractivity contribution is -0.167. The average molecular weight is 1120 g/mol. The van der Waals surface area contributed by atoms with E-state index in [1.165, 1.54) is 96.3 Å². The topological polar surface area (TPSA) is 78.9 Å². The largest absolute Gasteiger partial charge is 0.462 e. The van der Waals surface area contributed by atoms with Crippen LogP contribution in [0.5, 0.6) is 0 Å². The van der Waals surface area contributed by atoms with Crippen molar-refractivity contribution in [2.75, 3.05) is 13.2 Å². The number of hydrogen-bond donors (Lipinski definition) is 0. The molecule has 0 aliphatic carbocycles. The van der Waals surface area contributed by atoms with E-state index < -0.39 is 6.10 Å². The van der Waals surface area contributed by atoms with Crippen LogP contribution in [0.25, 0.3) is 0 Å². The van der Waals surface area contributed by atoms with Gasteiger partial charge in [-0.1, -0.05) is 294 Å². The van der Waals surface area contributed by atoms with E-state index in [2.05, 4.69) is 179 Å². The van der Waals surface area contributed by atoms with Gasteiger partial charge in [0.1, 0.15) is 13.2 Å². The zero-order valence-corrected chi connectivity index (χ0v) is 52.2. The van der Waals surface area contributed by atoms with Crippen LogP contribution in [0.4, 0.5) is 0 Å². The molecule has 1 unspecified atom stereocenters. The number of allylic oxidation sites excluding steroid dienone is 26. The maximum absolute atomic E-state index is 12.9. The lowest BCUT2D eigenvalue weighted by atomic mass is 10.0. The molecule has 6 heteroatoms. The summed E-state index contributed by atoms with van der Waals surface area (Å²) in [5.74, 6) is -0.976. The Bertz CT molecular complexity index is 1810. The van der Waals surface area contributed by atoms with Crippen molar-refractivity contribution in [3.8, 4) is 0 Å². The number of unbranched alkanes of at least 4 members (excludes halogenated alkanes) is 21. The van der Waals surface area contributed by atoms with Crippen molar-refractivity contribution in [3.63, 3.8) is 0 Å². The standard InChI is InChI=1S/C75H120O6/c1-4-7-10-13-16-19-22-25-27-29-31-33-35-36-37-38-40-41-43-45-47-50-53-56-59-62-65-68-74(77)80-71-72(70-79-73(76)67-64-61-58-55-52-49-24-21-18-15-12-9-6-3)81-75(78)69-66-63-60-57-54-51-48-46-44-42-39-34-32-30-28-26-23-20-17-14-11-8-5-2/h7-8,10-11,16-17,19-20,25-28,31-34,36-37,40-42,44,48,51,57,60,72H,4-6,9,12-15,18,21-24,29-30,35,38-39,43,45-47,49-50,52-56,58-59,61-71H2,1-3H3/b10-7-,11-8-,19-16-,20-17-,27-25-,28-26-,33-31-,34-32-,37-36-,41-40-,44-42-,51-48-,60-57-. The van der Waals surface area contributed by atoms with E-state index in [1.54, 1.807) is 0 Å². The van der Waals surface area contributed by atoms with Crippen molar-refractivity contribution >= 4 is 17.9 Å². The third kappa shape index (κ3) is 65.7. The summed E-state index contributed by atoms with van der Waals surface area (Å²) in [6.07, 6.45) is 98.2. The second-order valence-electron chi connectivity index (χ2n) is 21.3. The molecule has 456 valence electrons. The van der Waals surface area contributed by atoms with Crippen LogP contribution in [0, 0.1) is 0 Å². The highest BCUT2D eigenvalue weighted by Gasteiger charge is 2.19. The molecular formula is C75H120O6. The van der Waals surface area contributed by atoms with E-state index in [0.717, 1.165) is 135 Å². The van der Waals surface area contributed by atoms with E-state index >= 15 is 0 Å². The number of carbonyl (C=O) groups excluding carboxylic acids is 3. The molecule has 0 spiro atoms. The fraction of sp³-hybridized carbons (Fsp3) is 0.613. The zero-order chi connectivity index (χ0) is 58.5. The molecule has 6 nitrogen and oxygen atoms in total. The minimum absolute atomic E-state index is 0.108. The van der Waals surface area contributed by atoms with Crippen LogP contribution < -0.4 is 0 Å². The van der Waals surface area contributed by atoms with E-state index in [9.17, 15) is 14.4 Å². The molecular weight excluding hydrogens is 997 g/mol. The molecule has 0 saturated carbocycles. The summed E-state index contributed by atoms with van der Waals surface area (Å²) in [4.78, 5) is 38.3. The van der Waals surface area contributed by atoms with Gasteiger partial charge in [0, 0.05) is 19.3 Å². The molecule has 0 amide bonds. The number of carbonyl (C=O) groups is 3.